The zero-order valence-electron chi connectivity index (χ0n) is 10.2. The molecule has 0 aromatic carbocycles. The van der Waals surface area contributed by atoms with Gasteiger partial charge in [0, 0.05) is 11.3 Å². The number of hydrogen-bond donors (Lipinski definition) is 3. The van der Waals surface area contributed by atoms with Gasteiger partial charge in [-0.25, -0.2) is 13.1 Å². The number of aromatic nitrogens is 2. The number of nitrogen functional groups attached to an aromatic ring is 1. The highest BCUT2D eigenvalue weighted by molar-refractivity contribution is 7.99. The molecule has 2 atom stereocenters. The van der Waals surface area contributed by atoms with Gasteiger partial charge in [0.15, 0.2) is 0 Å². The first kappa shape index (κ1) is 13.7. The maximum Gasteiger partial charge on any atom is 0.246 e. The molecule has 1 aliphatic carbocycles. The van der Waals surface area contributed by atoms with Crippen LogP contribution in [0.3, 0.4) is 0 Å². The molecule has 0 saturated heterocycles. The highest BCUT2D eigenvalue weighted by Gasteiger charge is 2.27. The Morgan fingerprint density at radius 3 is 2.94 bits per heavy atom. The number of sulfonamides is 1. The number of H-pyrrole nitrogens is 1. The third-order valence-electron chi connectivity index (χ3n) is 3.20. The molecule has 102 valence electrons. The summed E-state index contributed by atoms with van der Waals surface area (Å²) in [6.07, 6.45) is 7.28. The number of rotatable bonds is 4. The highest BCUT2D eigenvalue weighted by Crippen LogP contribution is 2.28. The third-order valence-corrected chi connectivity index (χ3v) is 5.85. The second-order valence-electron chi connectivity index (χ2n) is 4.49. The van der Waals surface area contributed by atoms with Crippen LogP contribution in [-0.2, 0) is 10.0 Å². The molecule has 6 nitrogen and oxygen atoms in total. The van der Waals surface area contributed by atoms with Crippen LogP contribution in [0.1, 0.15) is 25.7 Å². The van der Waals surface area contributed by atoms with E-state index in [-0.39, 0.29) is 16.8 Å². The van der Waals surface area contributed by atoms with Crippen molar-refractivity contribution < 1.29 is 8.42 Å². The summed E-state index contributed by atoms with van der Waals surface area (Å²) in [5.41, 5.74) is 5.54. The minimum atomic E-state index is -3.56. The van der Waals surface area contributed by atoms with E-state index in [0.717, 1.165) is 25.7 Å². The number of hydrogen-bond acceptors (Lipinski definition) is 5. The summed E-state index contributed by atoms with van der Waals surface area (Å²) < 4.78 is 27.0. The Morgan fingerprint density at radius 2 is 2.33 bits per heavy atom. The maximum atomic E-state index is 12.1. The maximum absolute atomic E-state index is 12.1. The lowest BCUT2D eigenvalue weighted by Crippen LogP contribution is -2.39. The summed E-state index contributed by atoms with van der Waals surface area (Å²) in [7, 11) is -3.56. The van der Waals surface area contributed by atoms with E-state index in [1.54, 1.807) is 11.8 Å². The van der Waals surface area contributed by atoms with Crippen molar-refractivity contribution in [2.75, 3.05) is 12.0 Å². The van der Waals surface area contributed by atoms with Gasteiger partial charge in [0.05, 0.1) is 6.20 Å². The summed E-state index contributed by atoms with van der Waals surface area (Å²) in [5.74, 6) is 0.0831. The Hall–Kier alpha value is -0.730. The van der Waals surface area contributed by atoms with Crippen LogP contribution in [0, 0.1) is 0 Å². The zero-order valence-corrected chi connectivity index (χ0v) is 11.9. The first-order valence-corrected chi connectivity index (χ1v) is 8.64. The SMILES string of the molecule is CSC1CCCC(NS(=O)(=O)c2cn[nH]c2N)C1. The summed E-state index contributed by atoms with van der Waals surface area (Å²) in [6, 6.07) is -0.00417. The van der Waals surface area contributed by atoms with Crippen LogP contribution in [0.15, 0.2) is 11.1 Å². The van der Waals surface area contributed by atoms with Crippen molar-refractivity contribution in [3.63, 3.8) is 0 Å². The van der Waals surface area contributed by atoms with Crippen LogP contribution in [0.4, 0.5) is 5.82 Å². The van der Waals surface area contributed by atoms with Crippen LogP contribution in [0.5, 0.6) is 0 Å². The summed E-state index contributed by atoms with van der Waals surface area (Å²) >= 11 is 1.80. The van der Waals surface area contributed by atoms with Gasteiger partial charge in [-0.2, -0.15) is 16.9 Å². The normalized spacial score (nSPS) is 25.2. The average Bonchev–Trinajstić information content (AvgIpc) is 2.76. The lowest BCUT2D eigenvalue weighted by atomic mass is 9.96. The van der Waals surface area contributed by atoms with Gasteiger partial charge in [0.2, 0.25) is 10.0 Å². The molecule has 0 bridgehead atoms. The van der Waals surface area contributed by atoms with Crippen LogP contribution < -0.4 is 10.5 Å². The van der Waals surface area contributed by atoms with Crippen molar-refractivity contribution >= 4 is 27.6 Å². The summed E-state index contributed by atoms with van der Waals surface area (Å²) in [5, 5.41) is 6.61. The van der Waals surface area contributed by atoms with E-state index in [1.165, 1.54) is 6.20 Å². The Kier molecular flexibility index (Phi) is 4.18. The van der Waals surface area contributed by atoms with E-state index >= 15 is 0 Å². The molecule has 1 aliphatic rings. The fourth-order valence-corrected chi connectivity index (χ4v) is 4.38. The molecule has 0 amide bonds. The third kappa shape index (κ3) is 2.99. The van der Waals surface area contributed by atoms with Crippen LogP contribution in [0.25, 0.3) is 0 Å². The van der Waals surface area contributed by atoms with E-state index in [1.807, 2.05) is 0 Å². The largest absolute Gasteiger partial charge is 0.383 e. The molecule has 1 aromatic heterocycles. The molecule has 4 N–H and O–H groups in total. The fraction of sp³-hybridized carbons (Fsp3) is 0.700. The van der Waals surface area contributed by atoms with E-state index in [9.17, 15) is 8.42 Å². The Labute approximate surface area is 111 Å². The van der Waals surface area contributed by atoms with Gasteiger partial charge in [-0.3, -0.25) is 5.10 Å². The van der Waals surface area contributed by atoms with E-state index in [2.05, 4.69) is 21.2 Å². The lowest BCUT2D eigenvalue weighted by molar-refractivity contribution is 0.421. The van der Waals surface area contributed by atoms with Crippen molar-refractivity contribution in [1.29, 1.82) is 0 Å². The molecule has 18 heavy (non-hydrogen) atoms. The molecular weight excluding hydrogens is 272 g/mol. The van der Waals surface area contributed by atoms with Crippen LogP contribution in [-0.4, -0.2) is 36.2 Å². The van der Waals surface area contributed by atoms with Crippen molar-refractivity contribution in [2.45, 2.75) is 41.9 Å². The first-order chi connectivity index (χ1) is 8.53. The monoisotopic (exact) mass is 290 g/mol. The second-order valence-corrected chi connectivity index (χ2v) is 7.31. The van der Waals surface area contributed by atoms with Crippen LogP contribution in [0.2, 0.25) is 0 Å². The predicted molar refractivity (Wildman–Crippen MR) is 72.9 cm³/mol. The second kappa shape index (κ2) is 5.50. The molecule has 2 unspecified atom stereocenters. The molecule has 0 radical (unpaired) electrons. The average molecular weight is 290 g/mol. The predicted octanol–water partition coefficient (Wildman–Crippen LogP) is 0.944. The number of nitrogens with one attached hydrogen (secondary N) is 2. The topological polar surface area (TPSA) is 101 Å². The zero-order chi connectivity index (χ0) is 13.2. The summed E-state index contributed by atoms with van der Waals surface area (Å²) in [4.78, 5) is 0.0359. The molecule has 1 saturated carbocycles. The standard InChI is InChI=1S/C10H18N4O2S2/c1-17-8-4-2-3-7(5-8)14-18(15,16)9-6-12-13-10(9)11/h6-8,14H,2-5H2,1H3,(H3,11,12,13). The van der Waals surface area contributed by atoms with Crippen molar-refractivity contribution in [3.8, 4) is 0 Å². The smallest absolute Gasteiger partial charge is 0.246 e. The first-order valence-electron chi connectivity index (χ1n) is 5.87. The van der Waals surface area contributed by atoms with Crippen LogP contribution >= 0.6 is 11.8 Å². The highest BCUT2D eigenvalue weighted by atomic mass is 32.2. The van der Waals surface area contributed by atoms with Gasteiger partial charge in [-0.1, -0.05) is 6.42 Å². The van der Waals surface area contributed by atoms with Gasteiger partial charge in [0.1, 0.15) is 10.7 Å². The van der Waals surface area contributed by atoms with Gasteiger partial charge in [-0.05, 0) is 25.5 Å². The lowest BCUT2D eigenvalue weighted by Gasteiger charge is -2.28. The Bertz CT molecular complexity index is 500. The number of nitrogens with zero attached hydrogens (tertiary/aromatic N) is 1. The number of anilines is 1. The van der Waals surface area contributed by atoms with Crippen molar-refractivity contribution in [1.82, 2.24) is 14.9 Å². The van der Waals surface area contributed by atoms with E-state index in [0.29, 0.717) is 5.25 Å². The Balaban J connectivity index is 2.07. The molecule has 1 heterocycles. The Morgan fingerprint density at radius 1 is 1.56 bits per heavy atom. The number of nitrogens with two attached hydrogens (primary N) is 1. The molecular formula is C10H18N4O2S2. The summed E-state index contributed by atoms with van der Waals surface area (Å²) in [6.45, 7) is 0. The minimum absolute atomic E-state index is 0.00417. The van der Waals surface area contributed by atoms with E-state index < -0.39 is 10.0 Å². The molecule has 1 aromatic rings. The molecule has 8 heteroatoms. The van der Waals surface area contributed by atoms with E-state index in [4.69, 9.17) is 5.73 Å². The van der Waals surface area contributed by atoms with Gasteiger partial charge >= 0.3 is 0 Å². The number of aromatic amines is 1. The molecule has 0 spiro atoms. The van der Waals surface area contributed by atoms with Gasteiger partial charge in [0.25, 0.3) is 0 Å². The molecule has 1 fully saturated rings. The minimum Gasteiger partial charge on any atom is -0.383 e. The van der Waals surface area contributed by atoms with Crippen molar-refractivity contribution in [2.24, 2.45) is 0 Å². The molecule has 0 aliphatic heterocycles. The number of thioether (sulfide) groups is 1. The fourth-order valence-electron chi connectivity index (χ4n) is 2.25. The quantitative estimate of drug-likeness (QED) is 0.766. The van der Waals surface area contributed by atoms with Gasteiger partial charge in [-0.15, -0.1) is 0 Å². The van der Waals surface area contributed by atoms with Crippen molar-refractivity contribution in [3.05, 3.63) is 6.20 Å². The molecule has 2 rings (SSSR count). The van der Waals surface area contributed by atoms with Gasteiger partial charge < -0.3 is 5.73 Å².